The van der Waals surface area contributed by atoms with Gasteiger partial charge in [0, 0.05) is 6.20 Å². The van der Waals surface area contributed by atoms with Crippen LogP contribution in [0.2, 0.25) is 0 Å². The number of carbonyl (C=O) groups excluding carboxylic acids is 1. The van der Waals surface area contributed by atoms with Crippen molar-refractivity contribution < 1.29 is 14.1 Å². The largest absolute Gasteiger partial charge is 0.479 e. The van der Waals surface area contributed by atoms with Crippen LogP contribution in [0.25, 0.3) is 0 Å². The molecule has 2 rings (SSSR count). The van der Waals surface area contributed by atoms with Gasteiger partial charge < -0.3 is 14.6 Å². The molecule has 0 saturated carbocycles. The van der Waals surface area contributed by atoms with Gasteiger partial charge in [-0.15, -0.1) is 0 Å². The van der Waals surface area contributed by atoms with Crippen LogP contribution < -0.4 is 10.1 Å². The molecule has 0 radical (unpaired) electrons. The van der Waals surface area contributed by atoms with E-state index in [1.54, 1.807) is 6.20 Å². The molecule has 6 heteroatoms. The minimum Gasteiger partial charge on any atom is -0.479 e. The van der Waals surface area contributed by atoms with E-state index >= 15 is 0 Å². The van der Waals surface area contributed by atoms with Gasteiger partial charge in [0.25, 0.3) is 11.8 Å². The lowest BCUT2D eigenvalue weighted by atomic mass is 10.3. The number of aromatic nitrogens is 2. The van der Waals surface area contributed by atoms with E-state index in [9.17, 15) is 4.79 Å². The van der Waals surface area contributed by atoms with Crippen molar-refractivity contribution in [2.45, 2.75) is 6.54 Å². The maximum Gasteiger partial charge on any atom is 0.290 e. The molecule has 0 aliphatic heterocycles. The molecule has 0 aromatic carbocycles. The van der Waals surface area contributed by atoms with Gasteiger partial charge >= 0.3 is 0 Å². The van der Waals surface area contributed by atoms with Crippen molar-refractivity contribution in [2.75, 3.05) is 7.11 Å². The lowest BCUT2D eigenvalue weighted by molar-refractivity contribution is 0.0913. The van der Waals surface area contributed by atoms with E-state index in [4.69, 9.17) is 9.26 Å². The van der Waals surface area contributed by atoms with Crippen molar-refractivity contribution in [2.24, 2.45) is 0 Å². The summed E-state index contributed by atoms with van der Waals surface area (Å²) in [6.45, 7) is 0.336. The standard InChI is InChI=1S/C11H11N3O3/c1-16-10-6-9(17-14-10)11(15)13-7-8-4-2-3-5-12-8/h2-6H,7H2,1H3,(H,13,15). The molecule has 0 aliphatic carbocycles. The number of hydrogen-bond acceptors (Lipinski definition) is 5. The SMILES string of the molecule is COc1cc(C(=O)NCc2ccccn2)on1. The minimum absolute atomic E-state index is 0.109. The molecule has 0 bridgehead atoms. The smallest absolute Gasteiger partial charge is 0.290 e. The zero-order valence-electron chi connectivity index (χ0n) is 9.21. The van der Waals surface area contributed by atoms with E-state index in [1.165, 1.54) is 13.2 Å². The fraction of sp³-hybridized carbons (Fsp3) is 0.182. The lowest BCUT2D eigenvalue weighted by Crippen LogP contribution is -2.22. The van der Waals surface area contributed by atoms with Gasteiger partial charge in [-0.1, -0.05) is 6.07 Å². The number of methoxy groups -OCH3 is 1. The molecule has 0 aliphatic rings. The minimum atomic E-state index is -0.355. The summed E-state index contributed by atoms with van der Waals surface area (Å²) in [5, 5.41) is 6.20. The quantitative estimate of drug-likeness (QED) is 0.852. The van der Waals surface area contributed by atoms with Crippen LogP contribution in [-0.4, -0.2) is 23.2 Å². The predicted octanol–water partition coefficient (Wildman–Crippen LogP) is 1.01. The molecule has 0 atom stereocenters. The maximum absolute atomic E-state index is 11.6. The van der Waals surface area contributed by atoms with Crippen molar-refractivity contribution >= 4 is 5.91 Å². The molecular formula is C11H11N3O3. The van der Waals surface area contributed by atoms with Gasteiger partial charge in [-0.05, 0) is 17.3 Å². The normalized spacial score (nSPS) is 9.94. The molecule has 2 heterocycles. The van der Waals surface area contributed by atoms with Gasteiger partial charge in [-0.25, -0.2) is 0 Å². The van der Waals surface area contributed by atoms with Gasteiger partial charge in [-0.2, -0.15) is 0 Å². The average Bonchev–Trinajstić information content (AvgIpc) is 2.86. The number of hydrogen-bond donors (Lipinski definition) is 1. The number of rotatable bonds is 4. The van der Waals surface area contributed by atoms with Gasteiger partial charge in [-0.3, -0.25) is 9.78 Å². The molecule has 88 valence electrons. The van der Waals surface area contributed by atoms with E-state index in [0.717, 1.165) is 5.69 Å². The summed E-state index contributed by atoms with van der Waals surface area (Å²) < 4.78 is 9.61. The summed E-state index contributed by atoms with van der Waals surface area (Å²) in [5.41, 5.74) is 0.771. The Hall–Kier alpha value is -2.37. The van der Waals surface area contributed by atoms with E-state index in [-0.39, 0.29) is 17.5 Å². The Morgan fingerprint density at radius 1 is 1.53 bits per heavy atom. The van der Waals surface area contributed by atoms with Crippen LogP contribution in [0.5, 0.6) is 5.88 Å². The molecule has 2 aromatic heterocycles. The zero-order chi connectivity index (χ0) is 12.1. The Morgan fingerprint density at radius 3 is 3.06 bits per heavy atom. The van der Waals surface area contributed by atoms with E-state index in [1.807, 2.05) is 18.2 Å². The summed E-state index contributed by atoms with van der Waals surface area (Å²) >= 11 is 0. The van der Waals surface area contributed by atoms with Gasteiger partial charge in [0.05, 0.1) is 25.4 Å². The predicted molar refractivity (Wildman–Crippen MR) is 58.5 cm³/mol. The number of amides is 1. The van der Waals surface area contributed by atoms with Crippen LogP contribution in [0, 0.1) is 0 Å². The third kappa shape index (κ3) is 2.81. The highest BCUT2D eigenvalue weighted by Crippen LogP contribution is 2.10. The van der Waals surface area contributed by atoms with Crippen LogP contribution in [0.1, 0.15) is 16.2 Å². The molecule has 2 aromatic rings. The Balaban J connectivity index is 1.93. The molecule has 6 nitrogen and oxygen atoms in total. The van der Waals surface area contributed by atoms with Crippen LogP contribution >= 0.6 is 0 Å². The zero-order valence-corrected chi connectivity index (χ0v) is 9.21. The third-order valence-electron chi connectivity index (χ3n) is 2.08. The van der Waals surface area contributed by atoms with Gasteiger partial charge in [0.1, 0.15) is 0 Å². The number of pyridine rings is 1. The highest BCUT2D eigenvalue weighted by atomic mass is 16.5. The summed E-state index contributed by atoms with van der Waals surface area (Å²) in [7, 11) is 1.45. The highest BCUT2D eigenvalue weighted by molar-refractivity contribution is 5.91. The van der Waals surface area contributed by atoms with Crippen molar-refractivity contribution in [3.63, 3.8) is 0 Å². The molecule has 0 fully saturated rings. The van der Waals surface area contributed by atoms with Crippen molar-refractivity contribution in [3.8, 4) is 5.88 Å². The number of carbonyl (C=O) groups is 1. The summed E-state index contributed by atoms with van der Waals surface area (Å²) in [6.07, 6.45) is 1.67. The summed E-state index contributed by atoms with van der Waals surface area (Å²) in [5.74, 6) is 0.0252. The average molecular weight is 233 g/mol. The molecule has 1 amide bonds. The lowest BCUT2D eigenvalue weighted by Gasteiger charge is -2.00. The Kier molecular flexibility index (Phi) is 3.34. The van der Waals surface area contributed by atoms with E-state index < -0.39 is 0 Å². The second kappa shape index (κ2) is 5.11. The van der Waals surface area contributed by atoms with Crippen LogP contribution in [0.3, 0.4) is 0 Å². The van der Waals surface area contributed by atoms with E-state index in [0.29, 0.717) is 6.54 Å². The number of ether oxygens (including phenoxy) is 1. The first-order chi connectivity index (χ1) is 8.29. The Bertz CT molecular complexity index is 496. The third-order valence-corrected chi connectivity index (χ3v) is 2.08. The van der Waals surface area contributed by atoms with Crippen molar-refractivity contribution in [3.05, 3.63) is 41.9 Å². The molecule has 0 saturated heterocycles. The second-order valence-corrected chi connectivity index (χ2v) is 3.24. The first kappa shape index (κ1) is 11.1. The summed E-state index contributed by atoms with van der Waals surface area (Å²) in [6, 6.07) is 6.91. The molecule has 1 N–H and O–H groups in total. The molecule has 0 unspecified atom stereocenters. The number of nitrogens with one attached hydrogen (secondary N) is 1. The number of nitrogens with zero attached hydrogens (tertiary/aromatic N) is 2. The monoisotopic (exact) mass is 233 g/mol. The van der Waals surface area contributed by atoms with Crippen LogP contribution in [-0.2, 0) is 6.54 Å². The van der Waals surface area contributed by atoms with Crippen LogP contribution in [0.4, 0.5) is 0 Å². The van der Waals surface area contributed by atoms with Crippen LogP contribution in [0.15, 0.2) is 35.0 Å². The fourth-order valence-electron chi connectivity index (χ4n) is 1.22. The molecule has 17 heavy (non-hydrogen) atoms. The van der Waals surface area contributed by atoms with Gasteiger partial charge in [0.15, 0.2) is 0 Å². The van der Waals surface area contributed by atoms with E-state index in [2.05, 4.69) is 15.5 Å². The topological polar surface area (TPSA) is 77.2 Å². The second-order valence-electron chi connectivity index (χ2n) is 3.24. The molecule has 0 spiro atoms. The molecular weight excluding hydrogens is 222 g/mol. The van der Waals surface area contributed by atoms with Crippen molar-refractivity contribution in [1.82, 2.24) is 15.5 Å². The maximum atomic E-state index is 11.6. The Labute approximate surface area is 97.6 Å². The summed E-state index contributed by atoms with van der Waals surface area (Å²) in [4.78, 5) is 15.7. The first-order valence-corrected chi connectivity index (χ1v) is 4.98. The highest BCUT2D eigenvalue weighted by Gasteiger charge is 2.12. The Morgan fingerprint density at radius 2 is 2.41 bits per heavy atom. The first-order valence-electron chi connectivity index (χ1n) is 4.98. The van der Waals surface area contributed by atoms with Crippen molar-refractivity contribution in [1.29, 1.82) is 0 Å². The fourth-order valence-corrected chi connectivity index (χ4v) is 1.22. The van der Waals surface area contributed by atoms with Gasteiger partial charge in [0.2, 0.25) is 5.76 Å².